The van der Waals surface area contributed by atoms with E-state index < -0.39 is 17.2 Å². The monoisotopic (exact) mass is 441 g/mol. The Bertz CT molecular complexity index is 776. The summed E-state index contributed by atoms with van der Waals surface area (Å²) in [5.41, 5.74) is -0.771. The van der Waals surface area contributed by atoms with Crippen molar-refractivity contribution in [1.82, 2.24) is 4.57 Å². The molecule has 1 heterocycles. The minimum Gasteiger partial charge on any atom is -0.481 e. The minimum atomic E-state index is -0.865. The molecule has 0 aliphatic rings. The molecule has 0 spiro atoms. The molecule has 111 valence electrons. The van der Waals surface area contributed by atoms with Crippen molar-refractivity contribution in [2.24, 2.45) is 7.05 Å². The Morgan fingerprint density at radius 3 is 2.55 bits per heavy atom. The molecule has 3 nitrogen and oxygen atoms in total. The summed E-state index contributed by atoms with van der Waals surface area (Å²) in [4.78, 5) is 11.8. The molecule has 0 unspecified atom stereocenters. The standard InChI is InChI=1S/C15H9BrF2NO2.Y/c1-3-6-21-9-7-11(17)14(12(18)8-9)13-5-4-10(16)15(20)19(13)2;/h1,4,7-8H,6H2,2H3;/q-1;. The summed E-state index contributed by atoms with van der Waals surface area (Å²) in [6.45, 7) is -0.0961. The number of terminal acetylenes is 1. The van der Waals surface area contributed by atoms with E-state index in [4.69, 9.17) is 11.2 Å². The van der Waals surface area contributed by atoms with E-state index in [1.165, 1.54) is 13.1 Å². The first-order valence-corrected chi connectivity index (χ1v) is 6.58. The molecule has 0 atom stereocenters. The van der Waals surface area contributed by atoms with Gasteiger partial charge in [-0.1, -0.05) is 11.6 Å². The molecule has 1 aromatic carbocycles. The van der Waals surface area contributed by atoms with Crippen LogP contribution in [0.5, 0.6) is 5.75 Å². The van der Waals surface area contributed by atoms with Crippen LogP contribution in [0.1, 0.15) is 0 Å². The number of benzene rings is 1. The van der Waals surface area contributed by atoms with Gasteiger partial charge in [-0.3, -0.25) is 4.79 Å². The van der Waals surface area contributed by atoms with E-state index in [2.05, 4.69) is 27.9 Å². The summed E-state index contributed by atoms with van der Waals surface area (Å²) in [7, 11) is 1.40. The zero-order valence-corrected chi connectivity index (χ0v) is 15.9. The Labute approximate surface area is 159 Å². The van der Waals surface area contributed by atoms with Crippen LogP contribution >= 0.6 is 15.9 Å². The molecular formula is C15H9BrF2NO2Y-. The zero-order valence-electron chi connectivity index (χ0n) is 11.5. The molecule has 0 N–H and O–H groups in total. The van der Waals surface area contributed by atoms with Crippen molar-refractivity contribution in [2.45, 2.75) is 0 Å². The Hall–Kier alpha value is -1.03. The van der Waals surface area contributed by atoms with Gasteiger partial charge in [0, 0.05) is 51.9 Å². The van der Waals surface area contributed by atoms with E-state index in [1.54, 1.807) is 0 Å². The van der Waals surface area contributed by atoms with Crippen LogP contribution in [0.25, 0.3) is 11.3 Å². The number of halogens is 3. The third kappa shape index (κ3) is 3.84. The average molecular weight is 442 g/mol. The van der Waals surface area contributed by atoms with Crippen molar-refractivity contribution >= 4 is 15.9 Å². The maximum absolute atomic E-state index is 14.1. The maximum Gasteiger partial charge on any atom is 0.208 e. The van der Waals surface area contributed by atoms with Crippen molar-refractivity contribution in [3.63, 3.8) is 0 Å². The van der Waals surface area contributed by atoms with Gasteiger partial charge in [-0.25, -0.2) is 8.78 Å². The molecule has 0 amide bonds. The Balaban J connectivity index is 0.00000242. The van der Waals surface area contributed by atoms with Crippen LogP contribution in [0.2, 0.25) is 0 Å². The molecular weight excluding hydrogens is 433 g/mol. The molecule has 2 rings (SSSR count). The molecule has 0 saturated heterocycles. The first-order chi connectivity index (χ1) is 9.95. The molecule has 22 heavy (non-hydrogen) atoms. The summed E-state index contributed by atoms with van der Waals surface area (Å²) in [5, 5.41) is 0. The number of aromatic nitrogens is 1. The van der Waals surface area contributed by atoms with Crippen LogP contribution in [0.15, 0.2) is 27.5 Å². The van der Waals surface area contributed by atoms with Crippen molar-refractivity contribution in [1.29, 1.82) is 0 Å². The molecule has 1 aromatic heterocycles. The maximum atomic E-state index is 14.1. The summed E-state index contributed by atoms with van der Waals surface area (Å²) in [6, 6.07) is 6.01. The zero-order chi connectivity index (χ0) is 15.6. The van der Waals surface area contributed by atoms with Crippen molar-refractivity contribution < 1.29 is 46.2 Å². The molecule has 0 fully saturated rings. The Morgan fingerprint density at radius 2 is 2.00 bits per heavy atom. The van der Waals surface area contributed by atoms with E-state index in [1.807, 2.05) is 0 Å². The van der Waals surface area contributed by atoms with Crippen molar-refractivity contribution in [3.8, 4) is 29.4 Å². The van der Waals surface area contributed by atoms with Gasteiger partial charge in [-0.05, 0) is 10.0 Å². The summed E-state index contributed by atoms with van der Waals surface area (Å²) < 4.78 is 34.6. The molecule has 0 aliphatic carbocycles. The number of nitrogens with zero attached hydrogens (tertiary/aromatic N) is 1. The predicted octanol–water partition coefficient (Wildman–Crippen LogP) is 2.90. The predicted molar refractivity (Wildman–Crippen MR) is 77.9 cm³/mol. The number of ether oxygens (including phenoxy) is 1. The largest absolute Gasteiger partial charge is 0.481 e. The van der Waals surface area contributed by atoms with E-state index in [-0.39, 0.29) is 60.8 Å². The van der Waals surface area contributed by atoms with Crippen LogP contribution in [-0.4, -0.2) is 11.2 Å². The Kier molecular flexibility index (Phi) is 6.92. The van der Waals surface area contributed by atoms with Crippen LogP contribution < -0.4 is 10.3 Å². The minimum absolute atomic E-state index is 0. The fraction of sp³-hybridized carbons (Fsp3) is 0.133. The van der Waals surface area contributed by atoms with Crippen LogP contribution in [0.4, 0.5) is 8.78 Å². The second-order valence-electron chi connectivity index (χ2n) is 4.10. The van der Waals surface area contributed by atoms with E-state index >= 15 is 0 Å². The number of hydrogen-bond acceptors (Lipinski definition) is 2. The average Bonchev–Trinajstić information content (AvgIpc) is 2.44. The van der Waals surface area contributed by atoms with E-state index in [9.17, 15) is 13.6 Å². The van der Waals surface area contributed by atoms with Crippen molar-refractivity contribution in [3.05, 3.63) is 50.7 Å². The van der Waals surface area contributed by atoms with Crippen LogP contribution in [0, 0.1) is 30.0 Å². The SMILES string of the molecule is C#CCOc1cc(F)c(-c2[c-]cc(Br)c(=O)n2C)c(F)c1.[Y]. The number of rotatable bonds is 3. The summed E-state index contributed by atoms with van der Waals surface area (Å²) >= 11 is 3.04. The number of hydrogen-bond donors (Lipinski definition) is 0. The van der Waals surface area contributed by atoms with Gasteiger partial charge in [0.05, 0.1) is 11.6 Å². The molecule has 2 aromatic rings. The Morgan fingerprint density at radius 1 is 1.41 bits per heavy atom. The molecule has 7 heteroatoms. The van der Waals surface area contributed by atoms with Gasteiger partial charge in [0.15, 0.2) is 0 Å². The second kappa shape index (κ2) is 8.00. The summed E-state index contributed by atoms with van der Waals surface area (Å²) in [6.07, 6.45) is 5.01. The van der Waals surface area contributed by atoms with Gasteiger partial charge in [0.25, 0.3) is 0 Å². The third-order valence-electron chi connectivity index (χ3n) is 2.75. The van der Waals surface area contributed by atoms with Gasteiger partial charge >= 0.3 is 0 Å². The molecule has 0 saturated carbocycles. The van der Waals surface area contributed by atoms with Crippen molar-refractivity contribution in [2.75, 3.05) is 6.61 Å². The van der Waals surface area contributed by atoms with Gasteiger partial charge < -0.3 is 9.30 Å². The fourth-order valence-electron chi connectivity index (χ4n) is 1.78. The molecule has 0 bridgehead atoms. The first kappa shape index (κ1) is 19.0. The number of pyridine rings is 1. The summed E-state index contributed by atoms with van der Waals surface area (Å²) in [5.74, 6) is 0.450. The third-order valence-corrected chi connectivity index (χ3v) is 3.32. The fourth-order valence-corrected chi connectivity index (χ4v) is 2.16. The van der Waals surface area contributed by atoms with Crippen LogP contribution in [-0.2, 0) is 39.8 Å². The molecule has 0 aliphatic heterocycles. The normalized spacial score (nSPS) is 9.77. The van der Waals surface area contributed by atoms with Gasteiger partial charge in [-0.15, -0.1) is 22.4 Å². The topological polar surface area (TPSA) is 31.2 Å². The van der Waals surface area contributed by atoms with E-state index in [0.29, 0.717) is 0 Å². The van der Waals surface area contributed by atoms with Gasteiger partial charge in [0.1, 0.15) is 12.4 Å². The van der Waals surface area contributed by atoms with Crippen LogP contribution in [0.3, 0.4) is 0 Å². The first-order valence-electron chi connectivity index (χ1n) is 5.78. The quantitative estimate of drug-likeness (QED) is 0.541. The van der Waals surface area contributed by atoms with E-state index in [0.717, 1.165) is 16.7 Å². The smallest absolute Gasteiger partial charge is 0.208 e. The van der Waals surface area contributed by atoms with Gasteiger partial charge in [-0.2, -0.15) is 12.1 Å². The molecule has 1 radical (unpaired) electrons. The van der Waals surface area contributed by atoms with Gasteiger partial charge in [0.2, 0.25) is 5.56 Å². The second-order valence-corrected chi connectivity index (χ2v) is 4.96.